The van der Waals surface area contributed by atoms with Crippen LogP contribution in [0.3, 0.4) is 0 Å². The molecule has 0 aliphatic rings. The second-order valence-corrected chi connectivity index (χ2v) is 4.46. The first-order chi connectivity index (χ1) is 8.63. The van der Waals surface area contributed by atoms with Gasteiger partial charge >= 0.3 is 0 Å². The van der Waals surface area contributed by atoms with E-state index >= 15 is 0 Å². The van der Waals surface area contributed by atoms with E-state index in [0.29, 0.717) is 0 Å². The molecule has 0 unspecified atom stereocenters. The van der Waals surface area contributed by atoms with Crippen LogP contribution in [-0.4, -0.2) is 30.4 Å². The van der Waals surface area contributed by atoms with Crippen molar-refractivity contribution in [3.8, 4) is 0 Å². The third-order valence-corrected chi connectivity index (χ3v) is 2.94. The summed E-state index contributed by atoms with van der Waals surface area (Å²) in [5.74, 6) is 0.124. The lowest BCUT2D eigenvalue weighted by Crippen LogP contribution is -2.32. The number of nitrogens with one attached hydrogen (secondary N) is 1. The standard InChI is InChI=1S/C15H24N2O/c1-5-10-17(7-3)15(18)13-11-12(4)8-9-14(13)16-6-2/h8-9,11,16H,5-7,10H2,1-4H3. The molecule has 1 N–H and O–H groups in total. The fourth-order valence-electron chi connectivity index (χ4n) is 2.02. The van der Waals surface area contributed by atoms with Crippen molar-refractivity contribution in [2.24, 2.45) is 0 Å². The van der Waals surface area contributed by atoms with Crippen LogP contribution in [0.1, 0.15) is 43.1 Å². The molecule has 0 aromatic heterocycles. The second-order valence-electron chi connectivity index (χ2n) is 4.46. The number of nitrogens with zero attached hydrogens (tertiary/aromatic N) is 1. The summed E-state index contributed by atoms with van der Waals surface area (Å²) in [6, 6.07) is 6.00. The average molecular weight is 248 g/mol. The quantitative estimate of drug-likeness (QED) is 0.837. The summed E-state index contributed by atoms with van der Waals surface area (Å²) in [5, 5.41) is 3.26. The first-order valence-electron chi connectivity index (χ1n) is 6.77. The molecular formula is C15H24N2O. The van der Waals surface area contributed by atoms with E-state index in [4.69, 9.17) is 0 Å². The van der Waals surface area contributed by atoms with Crippen LogP contribution in [0.5, 0.6) is 0 Å². The molecule has 0 atom stereocenters. The molecule has 100 valence electrons. The molecule has 0 fully saturated rings. The lowest BCUT2D eigenvalue weighted by atomic mass is 10.1. The maximum atomic E-state index is 12.5. The van der Waals surface area contributed by atoms with E-state index in [1.807, 2.05) is 43.9 Å². The predicted molar refractivity (Wildman–Crippen MR) is 77.2 cm³/mol. The fourth-order valence-corrected chi connectivity index (χ4v) is 2.02. The minimum Gasteiger partial charge on any atom is -0.385 e. The molecule has 1 rings (SSSR count). The zero-order valence-corrected chi connectivity index (χ0v) is 11.9. The molecule has 0 heterocycles. The summed E-state index contributed by atoms with van der Waals surface area (Å²) >= 11 is 0. The highest BCUT2D eigenvalue weighted by atomic mass is 16.2. The van der Waals surface area contributed by atoms with Gasteiger partial charge in [-0.1, -0.05) is 18.6 Å². The maximum Gasteiger partial charge on any atom is 0.255 e. The number of aryl methyl sites for hydroxylation is 1. The van der Waals surface area contributed by atoms with Crippen molar-refractivity contribution in [3.05, 3.63) is 29.3 Å². The Morgan fingerprint density at radius 1 is 1.28 bits per heavy atom. The summed E-state index contributed by atoms with van der Waals surface area (Å²) < 4.78 is 0. The van der Waals surface area contributed by atoms with Gasteiger partial charge < -0.3 is 10.2 Å². The Morgan fingerprint density at radius 2 is 2.00 bits per heavy atom. The van der Waals surface area contributed by atoms with Crippen LogP contribution in [0.25, 0.3) is 0 Å². The van der Waals surface area contributed by atoms with Crippen molar-refractivity contribution in [1.82, 2.24) is 4.90 Å². The van der Waals surface area contributed by atoms with Crippen LogP contribution in [0.2, 0.25) is 0 Å². The Bertz CT molecular complexity index is 401. The minimum atomic E-state index is 0.124. The van der Waals surface area contributed by atoms with Gasteiger partial charge in [-0.25, -0.2) is 0 Å². The highest BCUT2D eigenvalue weighted by Crippen LogP contribution is 2.19. The predicted octanol–water partition coefficient (Wildman–Crippen LogP) is 3.30. The van der Waals surface area contributed by atoms with Gasteiger partial charge in [-0.15, -0.1) is 0 Å². The Kier molecular flexibility index (Phi) is 5.69. The van der Waals surface area contributed by atoms with Crippen LogP contribution in [0, 0.1) is 6.92 Å². The van der Waals surface area contributed by atoms with E-state index < -0.39 is 0 Å². The molecule has 0 aliphatic carbocycles. The Balaban J connectivity index is 3.05. The maximum absolute atomic E-state index is 12.5. The summed E-state index contributed by atoms with van der Waals surface area (Å²) in [6.07, 6.45) is 0.988. The monoisotopic (exact) mass is 248 g/mol. The third kappa shape index (κ3) is 3.49. The number of benzene rings is 1. The third-order valence-electron chi connectivity index (χ3n) is 2.94. The lowest BCUT2D eigenvalue weighted by molar-refractivity contribution is 0.0765. The molecule has 3 nitrogen and oxygen atoms in total. The van der Waals surface area contributed by atoms with Gasteiger partial charge in [-0.3, -0.25) is 4.79 Å². The molecule has 18 heavy (non-hydrogen) atoms. The molecular weight excluding hydrogens is 224 g/mol. The summed E-state index contributed by atoms with van der Waals surface area (Å²) in [6.45, 7) is 10.6. The van der Waals surface area contributed by atoms with Crippen molar-refractivity contribution < 1.29 is 4.79 Å². The molecule has 0 aliphatic heterocycles. The largest absolute Gasteiger partial charge is 0.385 e. The van der Waals surface area contributed by atoms with Crippen molar-refractivity contribution in [2.45, 2.75) is 34.1 Å². The van der Waals surface area contributed by atoms with Gasteiger partial charge in [-0.2, -0.15) is 0 Å². The van der Waals surface area contributed by atoms with Gasteiger partial charge in [0.15, 0.2) is 0 Å². The molecule has 0 radical (unpaired) electrons. The molecule has 3 heteroatoms. The van der Waals surface area contributed by atoms with Gasteiger partial charge in [0.25, 0.3) is 5.91 Å². The molecule has 1 aromatic carbocycles. The average Bonchev–Trinajstić information content (AvgIpc) is 2.37. The van der Waals surface area contributed by atoms with Crippen molar-refractivity contribution >= 4 is 11.6 Å². The summed E-state index contributed by atoms with van der Waals surface area (Å²) in [7, 11) is 0. The first-order valence-corrected chi connectivity index (χ1v) is 6.77. The van der Waals surface area contributed by atoms with Crippen LogP contribution in [0.4, 0.5) is 5.69 Å². The van der Waals surface area contributed by atoms with E-state index in [1.165, 1.54) is 0 Å². The highest BCUT2D eigenvalue weighted by molar-refractivity contribution is 5.99. The normalized spacial score (nSPS) is 10.2. The molecule has 0 saturated heterocycles. The molecule has 0 bridgehead atoms. The van der Waals surface area contributed by atoms with Gasteiger partial charge in [0, 0.05) is 25.3 Å². The van der Waals surface area contributed by atoms with Crippen LogP contribution >= 0.6 is 0 Å². The minimum absolute atomic E-state index is 0.124. The van der Waals surface area contributed by atoms with E-state index in [2.05, 4.69) is 12.2 Å². The zero-order chi connectivity index (χ0) is 13.5. The van der Waals surface area contributed by atoms with Gasteiger partial charge in [0.2, 0.25) is 0 Å². The number of hydrogen-bond acceptors (Lipinski definition) is 2. The Hall–Kier alpha value is -1.51. The second kappa shape index (κ2) is 7.04. The molecule has 1 aromatic rings. The topological polar surface area (TPSA) is 32.3 Å². The lowest BCUT2D eigenvalue weighted by Gasteiger charge is -2.22. The number of carbonyl (C=O) groups excluding carboxylic acids is 1. The SMILES string of the molecule is CCCN(CC)C(=O)c1cc(C)ccc1NCC. The van der Waals surface area contributed by atoms with Gasteiger partial charge in [0.05, 0.1) is 5.56 Å². The van der Waals surface area contributed by atoms with E-state index in [9.17, 15) is 4.79 Å². The van der Waals surface area contributed by atoms with Crippen LogP contribution in [0.15, 0.2) is 18.2 Å². The van der Waals surface area contributed by atoms with Crippen molar-refractivity contribution in [2.75, 3.05) is 25.0 Å². The Labute approximate surface area is 110 Å². The molecule has 1 amide bonds. The zero-order valence-electron chi connectivity index (χ0n) is 11.9. The fraction of sp³-hybridized carbons (Fsp3) is 0.533. The van der Waals surface area contributed by atoms with Crippen LogP contribution in [-0.2, 0) is 0 Å². The first kappa shape index (κ1) is 14.6. The van der Waals surface area contributed by atoms with Crippen LogP contribution < -0.4 is 5.32 Å². The van der Waals surface area contributed by atoms with Crippen molar-refractivity contribution in [3.63, 3.8) is 0 Å². The summed E-state index contributed by atoms with van der Waals surface area (Å²) in [5.41, 5.74) is 2.84. The van der Waals surface area contributed by atoms with Gasteiger partial charge in [-0.05, 0) is 39.3 Å². The number of rotatable bonds is 6. The van der Waals surface area contributed by atoms with Gasteiger partial charge in [0.1, 0.15) is 0 Å². The van der Waals surface area contributed by atoms with E-state index in [0.717, 1.165) is 42.9 Å². The smallest absolute Gasteiger partial charge is 0.255 e. The Morgan fingerprint density at radius 3 is 2.56 bits per heavy atom. The molecule has 0 saturated carbocycles. The number of hydrogen-bond donors (Lipinski definition) is 1. The van der Waals surface area contributed by atoms with E-state index in [-0.39, 0.29) is 5.91 Å². The highest BCUT2D eigenvalue weighted by Gasteiger charge is 2.16. The number of carbonyl (C=O) groups is 1. The number of amides is 1. The van der Waals surface area contributed by atoms with Crippen molar-refractivity contribution in [1.29, 1.82) is 0 Å². The van der Waals surface area contributed by atoms with E-state index in [1.54, 1.807) is 0 Å². The summed E-state index contributed by atoms with van der Waals surface area (Å²) in [4.78, 5) is 14.4. The number of anilines is 1. The molecule has 0 spiro atoms.